The molecular formula is C13H10BrF2NO. The smallest absolute Gasteiger partial charge is 0.146 e. The zero-order valence-electron chi connectivity index (χ0n) is 9.49. The quantitative estimate of drug-likeness (QED) is 0.861. The van der Waals surface area contributed by atoms with Gasteiger partial charge in [-0.15, -0.1) is 0 Å². The van der Waals surface area contributed by atoms with Gasteiger partial charge in [0.15, 0.2) is 0 Å². The van der Waals surface area contributed by atoms with Crippen molar-refractivity contribution in [3.8, 4) is 0 Å². The fraction of sp³-hybridized carbons (Fsp3) is 0.154. The van der Waals surface area contributed by atoms with Crippen LogP contribution in [-0.2, 0) is 0 Å². The summed E-state index contributed by atoms with van der Waals surface area (Å²) in [5.74, 6) is -1.57. The van der Waals surface area contributed by atoms with Crippen LogP contribution in [-0.4, -0.2) is 10.1 Å². The van der Waals surface area contributed by atoms with E-state index >= 15 is 0 Å². The van der Waals surface area contributed by atoms with Crippen molar-refractivity contribution in [3.63, 3.8) is 0 Å². The second-order valence-corrected chi connectivity index (χ2v) is 4.75. The van der Waals surface area contributed by atoms with E-state index in [0.29, 0.717) is 11.1 Å². The zero-order chi connectivity index (χ0) is 13.3. The molecule has 5 heteroatoms. The lowest BCUT2D eigenvalue weighted by molar-refractivity contribution is 0.208. The molecule has 0 fully saturated rings. The maximum absolute atomic E-state index is 13.9. The van der Waals surface area contributed by atoms with Crippen LogP contribution in [0.25, 0.3) is 0 Å². The monoisotopic (exact) mass is 313 g/mol. The van der Waals surface area contributed by atoms with Gasteiger partial charge in [0.25, 0.3) is 0 Å². The zero-order valence-corrected chi connectivity index (χ0v) is 11.1. The number of aliphatic hydroxyl groups excluding tert-OH is 1. The van der Waals surface area contributed by atoms with Crippen LogP contribution < -0.4 is 0 Å². The van der Waals surface area contributed by atoms with E-state index in [1.54, 1.807) is 13.0 Å². The highest BCUT2D eigenvalue weighted by molar-refractivity contribution is 9.10. The second-order valence-electron chi connectivity index (χ2n) is 3.89. The highest BCUT2D eigenvalue weighted by Gasteiger charge is 2.22. The molecule has 0 radical (unpaired) electrons. The molecule has 0 bridgehead atoms. The minimum absolute atomic E-state index is 0.115. The molecule has 0 saturated heterocycles. The predicted molar refractivity (Wildman–Crippen MR) is 67.1 cm³/mol. The first-order valence-corrected chi connectivity index (χ1v) is 6.03. The molecule has 0 aliphatic carbocycles. The standard InChI is InChI=1S/C13H10BrF2NO/c1-7-6-17-5-4-8(7)13(18)11-10(15)3-2-9(14)12(11)16/h2-6,13,18H,1H3. The third-order valence-electron chi connectivity index (χ3n) is 2.71. The van der Waals surface area contributed by atoms with Gasteiger partial charge in [-0.05, 0) is 52.2 Å². The summed E-state index contributed by atoms with van der Waals surface area (Å²) in [6, 6.07) is 3.92. The van der Waals surface area contributed by atoms with Gasteiger partial charge in [0.2, 0.25) is 0 Å². The SMILES string of the molecule is Cc1cnccc1C(O)c1c(F)ccc(Br)c1F. The second kappa shape index (κ2) is 5.12. The molecule has 0 spiro atoms. The Morgan fingerprint density at radius 3 is 2.67 bits per heavy atom. The van der Waals surface area contributed by atoms with Gasteiger partial charge >= 0.3 is 0 Å². The van der Waals surface area contributed by atoms with Crippen molar-refractivity contribution in [1.29, 1.82) is 0 Å². The summed E-state index contributed by atoms with van der Waals surface area (Å²) in [6.07, 6.45) is 1.65. The molecule has 94 valence electrons. The van der Waals surface area contributed by atoms with Crippen LogP contribution in [0.4, 0.5) is 8.78 Å². The Hall–Kier alpha value is -1.33. The van der Waals surface area contributed by atoms with Crippen LogP contribution in [0.5, 0.6) is 0 Å². The number of halogens is 3. The molecule has 2 nitrogen and oxygen atoms in total. The summed E-state index contributed by atoms with van der Waals surface area (Å²) in [5, 5.41) is 10.1. The number of hydrogen-bond donors (Lipinski definition) is 1. The number of hydrogen-bond acceptors (Lipinski definition) is 2. The van der Waals surface area contributed by atoms with Gasteiger partial charge in [-0.2, -0.15) is 0 Å². The average Bonchev–Trinajstić information content (AvgIpc) is 2.35. The van der Waals surface area contributed by atoms with E-state index in [0.717, 1.165) is 6.07 Å². The molecule has 0 saturated carbocycles. The number of aryl methyl sites for hydroxylation is 1. The van der Waals surface area contributed by atoms with E-state index in [1.807, 2.05) is 0 Å². The molecule has 1 aromatic heterocycles. The molecule has 1 N–H and O–H groups in total. The predicted octanol–water partition coefficient (Wildman–Crippen LogP) is 3.51. The van der Waals surface area contributed by atoms with Crippen molar-refractivity contribution in [3.05, 3.63) is 63.4 Å². The van der Waals surface area contributed by atoms with E-state index in [4.69, 9.17) is 0 Å². The van der Waals surface area contributed by atoms with Crippen molar-refractivity contribution in [2.75, 3.05) is 0 Å². The number of aromatic nitrogens is 1. The van der Waals surface area contributed by atoms with Gasteiger partial charge in [-0.1, -0.05) is 0 Å². The van der Waals surface area contributed by atoms with Gasteiger partial charge in [0.1, 0.15) is 17.7 Å². The third kappa shape index (κ3) is 2.28. The fourth-order valence-corrected chi connectivity index (χ4v) is 2.09. The van der Waals surface area contributed by atoms with E-state index in [1.165, 1.54) is 18.5 Å². The van der Waals surface area contributed by atoms with E-state index in [2.05, 4.69) is 20.9 Å². The molecule has 18 heavy (non-hydrogen) atoms. The minimum Gasteiger partial charge on any atom is -0.383 e. The Labute approximate surface area is 111 Å². The Kier molecular flexibility index (Phi) is 3.73. The summed E-state index contributed by atoms with van der Waals surface area (Å²) in [7, 11) is 0. The van der Waals surface area contributed by atoms with Crippen LogP contribution >= 0.6 is 15.9 Å². The number of pyridine rings is 1. The molecule has 0 amide bonds. The summed E-state index contributed by atoms with van der Waals surface area (Å²) >= 11 is 2.97. The first-order valence-electron chi connectivity index (χ1n) is 5.24. The number of nitrogens with zero attached hydrogens (tertiary/aromatic N) is 1. The number of benzene rings is 1. The molecule has 1 unspecified atom stereocenters. The van der Waals surface area contributed by atoms with Crippen molar-refractivity contribution in [1.82, 2.24) is 4.98 Å². The Balaban J connectivity index is 2.56. The lowest BCUT2D eigenvalue weighted by Gasteiger charge is -2.15. The average molecular weight is 314 g/mol. The summed E-state index contributed by atoms with van der Waals surface area (Å²) < 4.78 is 27.6. The highest BCUT2D eigenvalue weighted by atomic mass is 79.9. The van der Waals surface area contributed by atoms with Crippen LogP contribution in [0.1, 0.15) is 22.8 Å². The normalized spacial score (nSPS) is 12.5. The Bertz CT molecular complexity index is 589. The minimum atomic E-state index is -1.36. The molecule has 0 aliphatic heterocycles. The van der Waals surface area contributed by atoms with E-state index in [-0.39, 0.29) is 10.0 Å². The lowest BCUT2D eigenvalue weighted by atomic mass is 9.98. The maximum Gasteiger partial charge on any atom is 0.146 e. The van der Waals surface area contributed by atoms with Gasteiger partial charge in [-0.3, -0.25) is 4.98 Å². The Morgan fingerprint density at radius 2 is 2.00 bits per heavy atom. The topological polar surface area (TPSA) is 33.1 Å². The maximum atomic E-state index is 13.9. The van der Waals surface area contributed by atoms with Crippen LogP contribution in [0.15, 0.2) is 35.1 Å². The Morgan fingerprint density at radius 1 is 1.28 bits per heavy atom. The van der Waals surface area contributed by atoms with Crippen molar-refractivity contribution in [2.24, 2.45) is 0 Å². The third-order valence-corrected chi connectivity index (χ3v) is 3.32. The van der Waals surface area contributed by atoms with Crippen LogP contribution in [0, 0.1) is 18.6 Å². The van der Waals surface area contributed by atoms with Crippen LogP contribution in [0.2, 0.25) is 0 Å². The summed E-state index contributed by atoms with van der Waals surface area (Å²) in [4.78, 5) is 3.88. The first kappa shape index (κ1) is 13.1. The number of aliphatic hydroxyl groups is 1. The van der Waals surface area contributed by atoms with Crippen LogP contribution in [0.3, 0.4) is 0 Å². The van der Waals surface area contributed by atoms with Crippen molar-refractivity contribution >= 4 is 15.9 Å². The van der Waals surface area contributed by atoms with Gasteiger partial charge < -0.3 is 5.11 Å². The largest absolute Gasteiger partial charge is 0.383 e. The number of rotatable bonds is 2. The van der Waals surface area contributed by atoms with E-state index < -0.39 is 17.7 Å². The lowest BCUT2D eigenvalue weighted by Crippen LogP contribution is -2.08. The van der Waals surface area contributed by atoms with Crippen molar-refractivity contribution in [2.45, 2.75) is 13.0 Å². The molecule has 2 aromatic rings. The fourth-order valence-electron chi connectivity index (χ4n) is 1.74. The van der Waals surface area contributed by atoms with Crippen molar-refractivity contribution < 1.29 is 13.9 Å². The van der Waals surface area contributed by atoms with Gasteiger partial charge in [-0.25, -0.2) is 8.78 Å². The summed E-state index contributed by atoms with van der Waals surface area (Å²) in [5.41, 5.74) is 0.739. The molecule has 1 aromatic carbocycles. The first-order chi connectivity index (χ1) is 8.52. The highest BCUT2D eigenvalue weighted by Crippen LogP contribution is 2.31. The molecule has 1 atom stereocenters. The summed E-state index contributed by atoms with van der Waals surface area (Å²) in [6.45, 7) is 1.72. The molecule has 0 aliphatic rings. The van der Waals surface area contributed by atoms with Gasteiger partial charge in [0.05, 0.1) is 10.0 Å². The molecule has 1 heterocycles. The van der Waals surface area contributed by atoms with Gasteiger partial charge in [0, 0.05) is 12.4 Å². The van der Waals surface area contributed by atoms with E-state index in [9.17, 15) is 13.9 Å². The molecular weight excluding hydrogens is 304 g/mol. The molecule has 2 rings (SSSR count).